The summed E-state index contributed by atoms with van der Waals surface area (Å²) in [5.41, 5.74) is 9.08. The summed E-state index contributed by atoms with van der Waals surface area (Å²) in [6.45, 7) is 4.76. The highest BCUT2D eigenvalue weighted by atomic mass is 35.5. The summed E-state index contributed by atoms with van der Waals surface area (Å²) in [6, 6.07) is 21.6. The zero-order chi connectivity index (χ0) is 21.3. The van der Waals surface area contributed by atoms with Gasteiger partial charge in [0.05, 0.1) is 5.02 Å². The Bertz CT molecular complexity index is 1220. The van der Waals surface area contributed by atoms with E-state index in [0.29, 0.717) is 11.8 Å². The van der Waals surface area contributed by atoms with Crippen molar-refractivity contribution in [3.05, 3.63) is 93.5 Å². The Kier molecular flexibility index (Phi) is 4.43. The van der Waals surface area contributed by atoms with Crippen molar-refractivity contribution >= 4 is 23.2 Å². The van der Waals surface area contributed by atoms with Gasteiger partial charge in [0.15, 0.2) is 0 Å². The number of fused-ring (bicyclic) bond motifs is 8. The first kappa shape index (κ1) is 19.6. The smallest absolute Gasteiger partial charge is 0.0502 e. The molecule has 3 aromatic rings. The van der Waals surface area contributed by atoms with Crippen molar-refractivity contribution in [2.45, 2.75) is 38.5 Å². The fraction of sp³-hybridized carbons (Fsp3) is 0.310. The first-order valence-electron chi connectivity index (χ1n) is 11.4. The second kappa shape index (κ2) is 6.99. The molecule has 156 valence electrons. The summed E-state index contributed by atoms with van der Waals surface area (Å²) < 4.78 is 0. The predicted octanol–water partition coefficient (Wildman–Crippen LogP) is 8.94. The van der Waals surface area contributed by atoms with E-state index in [2.05, 4.69) is 74.5 Å². The minimum atomic E-state index is -0.140. The number of rotatable bonds is 1. The summed E-state index contributed by atoms with van der Waals surface area (Å²) in [5.74, 6) is 2.02. The summed E-state index contributed by atoms with van der Waals surface area (Å²) in [4.78, 5) is 0. The van der Waals surface area contributed by atoms with E-state index in [-0.39, 0.29) is 5.41 Å². The third-order valence-electron chi connectivity index (χ3n) is 8.03. The molecule has 0 radical (unpaired) electrons. The van der Waals surface area contributed by atoms with Gasteiger partial charge in [-0.05, 0) is 83.9 Å². The lowest BCUT2D eigenvalue weighted by atomic mass is 9.55. The van der Waals surface area contributed by atoms with E-state index >= 15 is 0 Å². The lowest BCUT2D eigenvalue weighted by Crippen LogP contribution is -2.42. The van der Waals surface area contributed by atoms with Gasteiger partial charge in [-0.2, -0.15) is 0 Å². The van der Waals surface area contributed by atoms with Crippen molar-refractivity contribution in [2.75, 3.05) is 0 Å². The number of benzene rings is 3. The van der Waals surface area contributed by atoms with Crippen molar-refractivity contribution < 1.29 is 0 Å². The molecule has 3 aliphatic rings. The third-order valence-corrected chi connectivity index (χ3v) is 8.55. The molecule has 4 atom stereocenters. The Morgan fingerprint density at radius 2 is 1.65 bits per heavy atom. The molecule has 0 amide bonds. The van der Waals surface area contributed by atoms with Crippen LogP contribution in [0.25, 0.3) is 22.3 Å². The molecule has 1 saturated carbocycles. The molecular formula is C29H26Cl2. The van der Waals surface area contributed by atoms with Crippen molar-refractivity contribution in [1.82, 2.24) is 0 Å². The van der Waals surface area contributed by atoms with E-state index in [9.17, 15) is 0 Å². The van der Waals surface area contributed by atoms with Gasteiger partial charge >= 0.3 is 0 Å². The molecule has 3 aromatic carbocycles. The van der Waals surface area contributed by atoms with Gasteiger partial charge < -0.3 is 0 Å². The van der Waals surface area contributed by atoms with E-state index in [1.54, 1.807) is 0 Å². The molecule has 0 heterocycles. The normalized spacial score (nSPS) is 28.3. The Labute approximate surface area is 194 Å². The van der Waals surface area contributed by atoms with Crippen LogP contribution in [0.5, 0.6) is 0 Å². The number of halogens is 2. The maximum atomic E-state index is 6.96. The van der Waals surface area contributed by atoms with Gasteiger partial charge in [0.2, 0.25) is 0 Å². The molecule has 1 spiro atoms. The number of hydrogen-bond donors (Lipinski definition) is 0. The SMILES string of the molecule is CC1=CC2(c3cc(Cl)cc(Cl)c3-c3c(-c4ccccc4)cccc32)C2CC(C)CC1C2. The molecule has 1 fully saturated rings. The fourth-order valence-corrected chi connectivity index (χ4v) is 7.45. The molecule has 31 heavy (non-hydrogen) atoms. The monoisotopic (exact) mass is 444 g/mol. The van der Waals surface area contributed by atoms with Gasteiger partial charge in [0.25, 0.3) is 0 Å². The first-order valence-corrected chi connectivity index (χ1v) is 12.1. The van der Waals surface area contributed by atoms with Gasteiger partial charge in [0.1, 0.15) is 0 Å². The van der Waals surface area contributed by atoms with Gasteiger partial charge in [-0.15, -0.1) is 0 Å². The fourth-order valence-electron chi connectivity index (χ4n) is 6.86. The highest BCUT2D eigenvalue weighted by Gasteiger charge is 2.53. The van der Waals surface area contributed by atoms with Gasteiger partial charge in [0, 0.05) is 16.0 Å². The molecule has 3 aliphatic carbocycles. The molecule has 0 N–H and O–H groups in total. The van der Waals surface area contributed by atoms with Crippen LogP contribution < -0.4 is 0 Å². The van der Waals surface area contributed by atoms with Gasteiger partial charge in [-0.3, -0.25) is 0 Å². The summed E-state index contributed by atoms with van der Waals surface area (Å²) in [7, 11) is 0. The van der Waals surface area contributed by atoms with Crippen LogP contribution in [0.1, 0.15) is 44.2 Å². The van der Waals surface area contributed by atoms with E-state index in [1.165, 1.54) is 58.2 Å². The van der Waals surface area contributed by atoms with Crippen molar-refractivity contribution in [2.24, 2.45) is 17.8 Å². The third kappa shape index (κ3) is 2.74. The van der Waals surface area contributed by atoms with Crippen LogP contribution in [0.3, 0.4) is 0 Å². The molecule has 0 aromatic heterocycles. The van der Waals surface area contributed by atoms with Crippen molar-refractivity contribution in [3.63, 3.8) is 0 Å². The Morgan fingerprint density at radius 3 is 2.45 bits per heavy atom. The van der Waals surface area contributed by atoms with Crippen molar-refractivity contribution in [1.29, 1.82) is 0 Å². The van der Waals surface area contributed by atoms with Crippen LogP contribution in [0.4, 0.5) is 0 Å². The summed E-state index contributed by atoms with van der Waals surface area (Å²) >= 11 is 13.6. The quantitative estimate of drug-likeness (QED) is 0.328. The molecule has 2 heteroatoms. The zero-order valence-electron chi connectivity index (χ0n) is 18.0. The Hall–Kier alpha value is -2.02. The second-order valence-electron chi connectivity index (χ2n) is 9.87. The van der Waals surface area contributed by atoms with Crippen LogP contribution in [0, 0.1) is 17.8 Å². The topological polar surface area (TPSA) is 0 Å². The van der Waals surface area contributed by atoms with Gasteiger partial charge in [-0.25, -0.2) is 0 Å². The molecule has 0 nitrogen and oxygen atoms in total. The van der Waals surface area contributed by atoms with Crippen LogP contribution in [-0.2, 0) is 5.41 Å². The Balaban J connectivity index is 1.73. The lowest BCUT2D eigenvalue weighted by molar-refractivity contribution is 0.168. The highest BCUT2D eigenvalue weighted by Crippen LogP contribution is 2.63. The Morgan fingerprint density at radius 1 is 0.839 bits per heavy atom. The molecule has 4 unspecified atom stereocenters. The molecule has 0 aliphatic heterocycles. The van der Waals surface area contributed by atoms with Crippen LogP contribution in [0.2, 0.25) is 10.0 Å². The molecule has 2 bridgehead atoms. The number of hydrogen-bond acceptors (Lipinski definition) is 0. The maximum absolute atomic E-state index is 6.96. The number of allylic oxidation sites excluding steroid dienone is 2. The minimum Gasteiger partial charge on any atom is -0.0843 e. The molecule has 0 saturated heterocycles. The standard InChI is InChI=1S/C29H26Cl2/c1-17-11-20-13-21(12-17)29(16-18(20)2)24-10-6-9-23(19-7-4-3-5-8-19)27(24)28-25(29)14-22(30)15-26(28)31/h3-10,14-17,20-21H,11-13H2,1-2H3. The minimum absolute atomic E-state index is 0.140. The van der Waals surface area contributed by atoms with E-state index in [4.69, 9.17) is 23.2 Å². The van der Waals surface area contributed by atoms with Crippen LogP contribution in [0.15, 0.2) is 72.3 Å². The average Bonchev–Trinajstić information content (AvgIpc) is 3.03. The molecule has 6 rings (SSSR count). The van der Waals surface area contributed by atoms with E-state index < -0.39 is 0 Å². The van der Waals surface area contributed by atoms with Crippen LogP contribution in [-0.4, -0.2) is 0 Å². The summed E-state index contributed by atoms with van der Waals surface area (Å²) in [6.07, 6.45) is 6.41. The molecular weight excluding hydrogens is 419 g/mol. The average molecular weight is 445 g/mol. The van der Waals surface area contributed by atoms with Crippen LogP contribution >= 0.6 is 23.2 Å². The largest absolute Gasteiger partial charge is 0.0843 e. The first-order chi connectivity index (χ1) is 15.0. The van der Waals surface area contributed by atoms with Gasteiger partial charge in [-0.1, -0.05) is 90.3 Å². The van der Waals surface area contributed by atoms with Crippen molar-refractivity contribution in [3.8, 4) is 22.3 Å². The lowest BCUT2D eigenvalue weighted by Gasteiger charge is -2.49. The predicted molar refractivity (Wildman–Crippen MR) is 132 cm³/mol. The second-order valence-corrected chi connectivity index (χ2v) is 10.7. The maximum Gasteiger partial charge on any atom is 0.0502 e. The zero-order valence-corrected chi connectivity index (χ0v) is 19.5. The highest BCUT2D eigenvalue weighted by molar-refractivity contribution is 6.37. The van der Waals surface area contributed by atoms with E-state index in [1.807, 2.05) is 6.07 Å². The summed E-state index contributed by atoms with van der Waals surface area (Å²) in [5, 5.41) is 1.50. The van der Waals surface area contributed by atoms with E-state index in [0.717, 1.165) is 16.0 Å².